The number of aryl methyl sites for hydroxylation is 1. The number of carboxylic acid groups (broad SMARTS) is 1. The summed E-state index contributed by atoms with van der Waals surface area (Å²) in [5.41, 5.74) is 6.52. The molecule has 1 aliphatic heterocycles. The van der Waals surface area contributed by atoms with Crippen LogP contribution < -0.4 is 0 Å². The van der Waals surface area contributed by atoms with Crippen molar-refractivity contribution in [1.29, 1.82) is 0 Å². The first-order valence-corrected chi connectivity index (χ1v) is 12.4. The first-order valence-electron chi connectivity index (χ1n) is 11.3. The van der Waals surface area contributed by atoms with Crippen LogP contribution in [0.1, 0.15) is 42.6 Å². The quantitative estimate of drug-likeness (QED) is 0.367. The number of carboxylic acids is 1. The summed E-state index contributed by atoms with van der Waals surface area (Å²) in [6.45, 7) is 3.75. The molecular weight excluding hydrogens is 430 g/mol. The van der Waals surface area contributed by atoms with Gasteiger partial charge in [0, 0.05) is 5.75 Å². The molecule has 170 valence electrons. The first-order chi connectivity index (χ1) is 16.0. The standard InChI is InChI=1S/C28H29NO3S/c1-19(28(30)31)22-8-10-23(11-9-22)24-12-14-25(15-13-24)27-26(20(2)29-32-27)18-33-17-16-21-6-4-3-5-7-21/h3-15,19,26-27H,16-18H2,1-2H3,(H,30,31). The molecule has 4 nitrogen and oxygen atoms in total. The minimum absolute atomic E-state index is 0.0536. The van der Waals surface area contributed by atoms with Crippen molar-refractivity contribution < 1.29 is 14.7 Å². The van der Waals surface area contributed by atoms with Gasteiger partial charge in [-0.15, -0.1) is 0 Å². The third-order valence-corrected chi connectivity index (χ3v) is 7.33. The Labute approximate surface area is 199 Å². The fourth-order valence-corrected chi connectivity index (χ4v) is 5.24. The van der Waals surface area contributed by atoms with E-state index in [9.17, 15) is 9.90 Å². The number of aliphatic carboxylic acids is 1. The van der Waals surface area contributed by atoms with E-state index in [1.807, 2.05) is 36.0 Å². The molecule has 3 aromatic carbocycles. The van der Waals surface area contributed by atoms with Crippen molar-refractivity contribution in [3.8, 4) is 11.1 Å². The van der Waals surface area contributed by atoms with Crippen LogP contribution in [0.3, 0.4) is 0 Å². The number of thioether (sulfide) groups is 1. The van der Waals surface area contributed by atoms with Crippen molar-refractivity contribution in [2.75, 3.05) is 11.5 Å². The van der Waals surface area contributed by atoms with Crippen LogP contribution in [0.15, 0.2) is 84.0 Å². The SMILES string of the molecule is CC1=NOC(c2ccc(-c3ccc(C(C)C(=O)O)cc3)cc2)C1CSCCc1ccccc1. The molecule has 0 saturated carbocycles. The zero-order valence-electron chi connectivity index (χ0n) is 19.0. The molecule has 0 fully saturated rings. The molecule has 0 spiro atoms. The molecular formula is C28H29NO3S. The van der Waals surface area contributed by atoms with E-state index in [-0.39, 0.29) is 12.0 Å². The lowest BCUT2D eigenvalue weighted by molar-refractivity contribution is -0.138. The van der Waals surface area contributed by atoms with Gasteiger partial charge in [-0.1, -0.05) is 84.0 Å². The van der Waals surface area contributed by atoms with E-state index in [4.69, 9.17) is 4.84 Å². The third-order valence-electron chi connectivity index (χ3n) is 6.24. The van der Waals surface area contributed by atoms with E-state index in [0.717, 1.165) is 45.9 Å². The summed E-state index contributed by atoms with van der Waals surface area (Å²) in [5, 5.41) is 13.5. The summed E-state index contributed by atoms with van der Waals surface area (Å²) >= 11 is 1.95. The number of benzene rings is 3. The Morgan fingerprint density at radius 2 is 1.64 bits per heavy atom. The molecule has 0 amide bonds. The zero-order valence-corrected chi connectivity index (χ0v) is 19.8. The number of carbonyl (C=O) groups is 1. The summed E-state index contributed by atoms with van der Waals surface area (Å²) in [6.07, 6.45) is 1.01. The summed E-state index contributed by atoms with van der Waals surface area (Å²) in [4.78, 5) is 17.0. The van der Waals surface area contributed by atoms with Gasteiger partial charge in [-0.2, -0.15) is 11.8 Å². The van der Waals surface area contributed by atoms with E-state index in [1.54, 1.807) is 6.92 Å². The summed E-state index contributed by atoms with van der Waals surface area (Å²) < 4.78 is 0. The van der Waals surface area contributed by atoms with Crippen LogP contribution in [0.4, 0.5) is 0 Å². The van der Waals surface area contributed by atoms with E-state index in [1.165, 1.54) is 5.56 Å². The minimum Gasteiger partial charge on any atom is -0.481 e. The number of hydrogen-bond acceptors (Lipinski definition) is 4. The van der Waals surface area contributed by atoms with E-state index in [2.05, 4.69) is 66.7 Å². The lowest BCUT2D eigenvalue weighted by atomic mass is 9.92. The number of oxime groups is 1. The van der Waals surface area contributed by atoms with E-state index >= 15 is 0 Å². The van der Waals surface area contributed by atoms with Crippen molar-refractivity contribution in [2.24, 2.45) is 11.1 Å². The van der Waals surface area contributed by atoms with E-state index < -0.39 is 11.9 Å². The van der Waals surface area contributed by atoms with Gasteiger partial charge in [0.15, 0.2) is 6.10 Å². The van der Waals surface area contributed by atoms with Gasteiger partial charge in [0.25, 0.3) is 0 Å². The molecule has 0 aromatic heterocycles. The van der Waals surface area contributed by atoms with Gasteiger partial charge in [-0.05, 0) is 53.8 Å². The van der Waals surface area contributed by atoms with Crippen LogP contribution in [-0.2, 0) is 16.1 Å². The maximum absolute atomic E-state index is 11.2. The fourth-order valence-electron chi connectivity index (χ4n) is 4.02. The van der Waals surface area contributed by atoms with Gasteiger partial charge in [0.2, 0.25) is 0 Å². The summed E-state index contributed by atoms with van der Waals surface area (Å²) in [7, 11) is 0. The molecule has 33 heavy (non-hydrogen) atoms. The van der Waals surface area contributed by atoms with Crippen molar-refractivity contribution in [3.63, 3.8) is 0 Å². The second kappa shape index (κ2) is 10.7. The Hall–Kier alpha value is -3.05. The monoisotopic (exact) mass is 459 g/mol. The van der Waals surface area contributed by atoms with Crippen LogP contribution >= 0.6 is 11.8 Å². The second-order valence-electron chi connectivity index (χ2n) is 8.48. The molecule has 3 aromatic rings. The molecule has 0 saturated heterocycles. The molecule has 1 heterocycles. The van der Waals surface area contributed by atoms with Crippen molar-refractivity contribution >= 4 is 23.4 Å². The van der Waals surface area contributed by atoms with Gasteiger partial charge in [-0.25, -0.2) is 0 Å². The van der Waals surface area contributed by atoms with Crippen LogP contribution in [0.2, 0.25) is 0 Å². The number of rotatable bonds is 9. The van der Waals surface area contributed by atoms with E-state index in [0.29, 0.717) is 0 Å². The maximum atomic E-state index is 11.2. The summed E-state index contributed by atoms with van der Waals surface area (Å²) in [5.74, 6) is 1.02. The van der Waals surface area contributed by atoms with Crippen molar-refractivity contribution in [1.82, 2.24) is 0 Å². The highest BCUT2D eigenvalue weighted by atomic mass is 32.2. The van der Waals surface area contributed by atoms with Crippen LogP contribution in [0.5, 0.6) is 0 Å². The Bertz CT molecular complexity index is 1090. The highest BCUT2D eigenvalue weighted by molar-refractivity contribution is 7.99. The third kappa shape index (κ3) is 5.66. The second-order valence-corrected chi connectivity index (χ2v) is 9.63. The van der Waals surface area contributed by atoms with Crippen molar-refractivity contribution in [2.45, 2.75) is 32.3 Å². The molecule has 1 N–H and O–H groups in total. The average molecular weight is 460 g/mol. The first kappa shape index (κ1) is 23.1. The Morgan fingerprint density at radius 3 is 2.27 bits per heavy atom. The van der Waals surface area contributed by atoms with Crippen molar-refractivity contribution in [3.05, 3.63) is 95.6 Å². The van der Waals surface area contributed by atoms with Gasteiger partial charge in [-0.3, -0.25) is 4.79 Å². The van der Waals surface area contributed by atoms with Gasteiger partial charge in [0.05, 0.1) is 17.5 Å². The normalized spacial score (nSPS) is 18.4. The average Bonchev–Trinajstić information content (AvgIpc) is 3.22. The van der Waals surface area contributed by atoms with Crippen LogP contribution in [0, 0.1) is 5.92 Å². The minimum atomic E-state index is -0.811. The molecule has 0 radical (unpaired) electrons. The Kier molecular flexibility index (Phi) is 7.50. The molecule has 3 unspecified atom stereocenters. The fraction of sp³-hybridized carbons (Fsp3) is 0.286. The topological polar surface area (TPSA) is 58.9 Å². The highest BCUT2D eigenvalue weighted by Gasteiger charge is 2.32. The number of nitrogens with zero attached hydrogens (tertiary/aromatic N) is 1. The predicted molar refractivity (Wildman–Crippen MR) is 136 cm³/mol. The highest BCUT2D eigenvalue weighted by Crippen LogP contribution is 2.36. The largest absolute Gasteiger partial charge is 0.481 e. The van der Waals surface area contributed by atoms with Crippen LogP contribution in [-0.4, -0.2) is 28.3 Å². The van der Waals surface area contributed by atoms with Crippen LogP contribution in [0.25, 0.3) is 11.1 Å². The molecule has 0 aliphatic carbocycles. The summed E-state index contributed by atoms with van der Waals surface area (Å²) in [6, 6.07) is 26.8. The smallest absolute Gasteiger partial charge is 0.310 e. The van der Waals surface area contributed by atoms with Gasteiger partial charge >= 0.3 is 5.97 Å². The molecule has 1 aliphatic rings. The molecule has 5 heteroatoms. The Morgan fingerprint density at radius 1 is 1.00 bits per heavy atom. The Balaban J connectivity index is 1.37. The predicted octanol–water partition coefficient (Wildman–Crippen LogP) is 6.58. The molecule has 4 rings (SSSR count). The van der Waals surface area contributed by atoms with Gasteiger partial charge < -0.3 is 9.94 Å². The lowest BCUT2D eigenvalue weighted by Crippen LogP contribution is -2.18. The number of hydrogen-bond donors (Lipinski definition) is 1. The zero-order chi connectivity index (χ0) is 23.2. The molecule has 3 atom stereocenters. The van der Waals surface area contributed by atoms with Gasteiger partial charge in [0.1, 0.15) is 0 Å². The lowest BCUT2D eigenvalue weighted by Gasteiger charge is -2.18. The molecule has 0 bridgehead atoms. The maximum Gasteiger partial charge on any atom is 0.310 e.